The molecule has 0 saturated heterocycles. The number of aromatic nitrogens is 2. The average Bonchev–Trinajstić information content (AvgIpc) is 2.44. The van der Waals surface area contributed by atoms with E-state index in [4.69, 9.17) is 5.73 Å². The highest BCUT2D eigenvalue weighted by atomic mass is 16.2. The number of hydrogen-bond donors (Lipinski definition) is 1. The van der Waals surface area contributed by atoms with Crippen LogP contribution in [0.1, 0.15) is 44.6 Å². The maximum atomic E-state index is 11.6. The standard InChI is InChI=1S/C11H17N3O2/c1-7(15)5-10(16)14-9(12)6-8(13-14)11(2,3)4/h6H,5,12H2,1-4H3. The van der Waals surface area contributed by atoms with Gasteiger partial charge < -0.3 is 5.73 Å². The molecule has 16 heavy (non-hydrogen) atoms. The minimum absolute atomic E-state index is 0.171. The maximum absolute atomic E-state index is 11.6. The van der Waals surface area contributed by atoms with Crippen LogP contribution in [0.5, 0.6) is 0 Å². The van der Waals surface area contributed by atoms with Crippen LogP contribution in [0, 0.1) is 0 Å². The van der Waals surface area contributed by atoms with Crippen LogP contribution < -0.4 is 5.73 Å². The number of rotatable bonds is 2. The minimum atomic E-state index is -0.388. The van der Waals surface area contributed by atoms with Crippen LogP contribution in [0.25, 0.3) is 0 Å². The Bertz CT molecular complexity index is 427. The van der Waals surface area contributed by atoms with Gasteiger partial charge >= 0.3 is 0 Å². The van der Waals surface area contributed by atoms with Gasteiger partial charge in [0.1, 0.15) is 11.6 Å². The predicted octanol–water partition coefficient (Wildman–Crippen LogP) is 1.38. The summed E-state index contributed by atoms with van der Waals surface area (Å²) in [5.74, 6) is -0.311. The maximum Gasteiger partial charge on any atom is 0.256 e. The van der Waals surface area contributed by atoms with E-state index in [0.717, 1.165) is 10.4 Å². The van der Waals surface area contributed by atoms with Crippen LogP contribution in [-0.2, 0) is 10.2 Å². The lowest BCUT2D eigenvalue weighted by Crippen LogP contribution is -2.19. The van der Waals surface area contributed by atoms with Crippen molar-refractivity contribution in [3.8, 4) is 0 Å². The van der Waals surface area contributed by atoms with Gasteiger partial charge in [0.15, 0.2) is 0 Å². The van der Waals surface area contributed by atoms with Crippen LogP contribution in [0.2, 0.25) is 0 Å². The second-order valence-corrected chi connectivity index (χ2v) is 4.89. The number of nitrogens with zero attached hydrogens (tertiary/aromatic N) is 2. The summed E-state index contributed by atoms with van der Waals surface area (Å²) in [7, 11) is 0. The molecule has 0 unspecified atom stereocenters. The van der Waals surface area contributed by atoms with Gasteiger partial charge in [-0.3, -0.25) is 9.59 Å². The molecule has 5 heteroatoms. The van der Waals surface area contributed by atoms with E-state index in [-0.39, 0.29) is 29.3 Å². The first-order chi connectivity index (χ1) is 7.21. The summed E-state index contributed by atoms with van der Waals surface area (Å²) in [4.78, 5) is 22.5. The highest BCUT2D eigenvalue weighted by Crippen LogP contribution is 2.22. The molecule has 0 bridgehead atoms. The summed E-state index contributed by atoms with van der Waals surface area (Å²) in [6, 6.07) is 1.66. The van der Waals surface area contributed by atoms with Crippen molar-refractivity contribution in [3.63, 3.8) is 0 Å². The Hall–Kier alpha value is -1.65. The summed E-state index contributed by atoms with van der Waals surface area (Å²) in [5.41, 5.74) is 6.25. The van der Waals surface area contributed by atoms with Crippen LogP contribution in [0.4, 0.5) is 5.82 Å². The zero-order valence-electron chi connectivity index (χ0n) is 10.1. The fourth-order valence-electron chi connectivity index (χ4n) is 1.25. The lowest BCUT2D eigenvalue weighted by molar-refractivity contribution is -0.116. The van der Waals surface area contributed by atoms with Gasteiger partial charge in [0.05, 0.1) is 12.1 Å². The number of anilines is 1. The molecule has 1 aromatic heterocycles. The minimum Gasteiger partial charge on any atom is -0.383 e. The molecular weight excluding hydrogens is 206 g/mol. The Balaban J connectivity index is 3.03. The Morgan fingerprint density at radius 1 is 1.44 bits per heavy atom. The fraction of sp³-hybridized carbons (Fsp3) is 0.545. The molecule has 2 N–H and O–H groups in total. The van der Waals surface area contributed by atoms with Gasteiger partial charge in [-0.2, -0.15) is 9.78 Å². The summed E-state index contributed by atoms with van der Waals surface area (Å²) in [6.45, 7) is 7.31. The molecule has 0 aromatic carbocycles. The summed E-state index contributed by atoms with van der Waals surface area (Å²) in [5, 5.41) is 4.12. The molecule has 1 heterocycles. The van der Waals surface area contributed by atoms with E-state index in [0.29, 0.717) is 0 Å². The largest absolute Gasteiger partial charge is 0.383 e. The van der Waals surface area contributed by atoms with E-state index in [1.807, 2.05) is 20.8 Å². The molecule has 5 nitrogen and oxygen atoms in total. The summed E-state index contributed by atoms with van der Waals surface area (Å²) < 4.78 is 1.10. The number of hydrogen-bond acceptors (Lipinski definition) is 4. The molecule has 0 atom stereocenters. The molecule has 0 aliphatic rings. The monoisotopic (exact) mass is 223 g/mol. The van der Waals surface area contributed by atoms with Gasteiger partial charge in [0, 0.05) is 11.5 Å². The van der Waals surface area contributed by atoms with Crippen molar-refractivity contribution in [2.75, 3.05) is 5.73 Å². The van der Waals surface area contributed by atoms with E-state index in [2.05, 4.69) is 5.10 Å². The summed E-state index contributed by atoms with van der Waals surface area (Å²) in [6.07, 6.45) is -0.171. The molecule has 0 aliphatic heterocycles. The van der Waals surface area contributed by atoms with Crippen molar-refractivity contribution in [1.29, 1.82) is 0 Å². The SMILES string of the molecule is CC(=O)CC(=O)n1nc(C(C)(C)C)cc1N. The molecule has 0 aliphatic carbocycles. The number of nitrogens with two attached hydrogens (primary N) is 1. The van der Waals surface area contributed by atoms with Crippen molar-refractivity contribution in [2.45, 2.75) is 39.5 Å². The number of ketones is 1. The Kier molecular flexibility index (Phi) is 3.16. The third-order valence-corrected chi connectivity index (χ3v) is 2.14. The lowest BCUT2D eigenvalue weighted by atomic mass is 9.92. The molecule has 0 radical (unpaired) electrons. The second-order valence-electron chi connectivity index (χ2n) is 4.89. The van der Waals surface area contributed by atoms with Crippen molar-refractivity contribution in [3.05, 3.63) is 11.8 Å². The lowest BCUT2D eigenvalue weighted by Gasteiger charge is -2.13. The van der Waals surface area contributed by atoms with Gasteiger partial charge in [-0.05, 0) is 6.92 Å². The van der Waals surface area contributed by atoms with Crippen LogP contribution in [-0.4, -0.2) is 21.5 Å². The van der Waals surface area contributed by atoms with E-state index < -0.39 is 0 Å². The molecule has 0 fully saturated rings. The van der Waals surface area contributed by atoms with E-state index in [9.17, 15) is 9.59 Å². The van der Waals surface area contributed by atoms with Crippen molar-refractivity contribution in [1.82, 2.24) is 9.78 Å². The zero-order valence-corrected chi connectivity index (χ0v) is 10.1. The van der Waals surface area contributed by atoms with E-state index >= 15 is 0 Å². The number of Topliss-reactive ketones (excluding diaryl/α,β-unsaturated/α-hetero) is 1. The zero-order chi connectivity index (χ0) is 12.5. The van der Waals surface area contributed by atoms with E-state index in [1.54, 1.807) is 6.07 Å². The predicted molar refractivity (Wildman–Crippen MR) is 61.3 cm³/mol. The molecule has 0 amide bonds. The van der Waals surface area contributed by atoms with E-state index in [1.165, 1.54) is 6.92 Å². The topological polar surface area (TPSA) is 78.0 Å². The number of carbonyl (C=O) groups is 2. The van der Waals surface area contributed by atoms with Crippen molar-refractivity contribution >= 4 is 17.5 Å². The fourth-order valence-corrected chi connectivity index (χ4v) is 1.25. The highest BCUT2D eigenvalue weighted by molar-refractivity contribution is 5.98. The smallest absolute Gasteiger partial charge is 0.256 e. The molecule has 1 aromatic rings. The number of nitrogen functional groups attached to an aromatic ring is 1. The molecule has 88 valence electrons. The van der Waals surface area contributed by atoms with Crippen LogP contribution in [0.15, 0.2) is 6.07 Å². The second kappa shape index (κ2) is 4.08. The summed E-state index contributed by atoms with van der Waals surface area (Å²) >= 11 is 0. The first-order valence-corrected chi connectivity index (χ1v) is 5.10. The molecule has 1 rings (SSSR count). The third kappa shape index (κ3) is 2.68. The number of carbonyl (C=O) groups excluding carboxylic acids is 2. The third-order valence-electron chi connectivity index (χ3n) is 2.14. The van der Waals surface area contributed by atoms with Gasteiger partial charge in [-0.25, -0.2) is 0 Å². The highest BCUT2D eigenvalue weighted by Gasteiger charge is 2.21. The Morgan fingerprint density at radius 3 is 2.38 bits per heavy atom. The molecule has 0 saturated carbocycles. The van der Waals surface area contributed by atoms with Gasteiger partial charge in [0.25, 0.3) is 5.91 Å². The molecular formula is C11H17N3O2. The molecule has 0 spiro atoms. The van der Waals surface area contributed by atoms with Crippen LogP contribution in [0.3, 0.4) is 0 Å². The first kappa shape index (κ1) is 12.4. The van der Waals surface area contributed by atoms with Gasteiger partial charge in [0.2, 0.25) is 0 Å². The first-order valence-electron chi connectivity index (χ1n) is 5.10. The Morgan fingerprint density at radius 2 is 2.00 bits per heavy atom. The van der Waals surface area contributed by atoms with Crippen molar-refractivity contribution < 1.29 is 9.59 Å². The van der Waals surface area contributed by atoms with Crippen molar-refractivity contribution in [2.24, 2.45) is 0 Å². The van der Waals surface area contributed by atoms with Gasteiger partial charge in [-0.1, -0.05) is 20.8 Å². The Labute approximate surface area is 94.6 Å². The normalized spacial score (nSPS) is 11.5. The average molecular weight is 223 g/mol. The van der Waals surface area contributed by atoms with Gasteiger partial charge in [-0.15, -0.1) is 0 Å². The quantitative estimate of drug-likeness (QED) is 0.768. The van der Waals surface area contributed by atoms with Crippen LogP contribution >= 0.6 is 0 Å².